The fourth-order valence-corrected chi connectivity index (χ4v) is 3.36. The summed E-state index contributed by atoms with van der Waals surface area (Å²) in [6, 6.07) is 13.7. The van der Waals surface area contributed by atoms with Gasteiger partial charge in [-0.05, 0) is 48.9 Å². The number of halogens is 1. The first-order valence-corrected chi connectivity index (χ1v) is 9.58. The first kappa shape index (κ1) is 18.4. The molecule has 0 spiro atoms. The van der Waals surface area contributed by atoms with Gasteiger partial charge >= 0.3 is 0 Å². The lowest BCUT2D eigenvalue weighted by molar-refractivity contribution is -0.00119. The van der Waals surface area contributed by atoms with Crippen LogP contribution in [0.4, 0.5) is 4.39 Å². The molecule has 0 radical (unpaired) electrons. The Labute approximate surface area is 171 Å². The predicted octanol–water partition coefficient (Wildman–Crippen LogP) is 3.80. The van der Waals surface area contributed by atoms with E-state index < -0.39 is 0 Å². The fourth-order valence-electron chi connectivity index (χ4n) is 3.36. The van der Waals surface area contributed by atoms with Gasteiger partial charge in [0.1, 0.15) is 17.7 Å². The molecule has 30 heavy (non-hydrogen) atoms. The van der Waals surface area contributed by atoms with Crippen LogP contribution < -0.4 is 4.74 Å². The van der Waals surface area contributed by atoms with E-state index in [2.05, 4.69) is 20.5 Å². The molecule has 0 aliphatic carbocycles. The van der Waals surface area contributed by atoms with E-state index in [0.29, 0.717) is 36.8 Å². The van der Waals surface area contributed by atoms with Gasteiger partial charge in [-0.2, -0.15) is 4.98 Å². The highest BCUT2D eigenvalue weighted by atomic mass is 19.1. The number of ether oxygens (including phenoxy) is 2. The van der Waals surface area contributed by atoms with E-state index in [4.69, 9.17) is 14.0 Å². The molecule has 3 heterocycles. The number of benzene rings is 2. The number of fused-ring (bicyclic) bond motifs is 1. The monoisotopic (exact) mass is 407 g/mol. The molecule has 4 aromatic rings. The molecule has 1 aliphatic rings. The van der Waals surface area contributed by atoms with Crippen molar-refractivity contribution in [3.8, 4) is 28.7 Å². The van der Waals surface area contributed by atoms with Crippen LogP contribution in [0, 0.1) is 5.82 Å². The maximum atomic E-state index is 13.1. The molecule has 0 N–H and O–H groups in total. The second-order valence-corrected chi connectivity index (χ2v) is 6.80. The molecule has 2 aromatic heterocycles. The predicted molar refractivity (Wildman–Crippen MR) is 104 cm³/mol. The third-order valence-electron chi connectivity index (χ3n) is 4.89. The van der Waals surface area contributed by atoms with Gasteiger partial charge in [-0.25, -0.2) is 9.07 Å². The zero-order valence-electron chi connectivity index (χ0n) is 16.2. The maximum absolute atomic E-state index is 13.1. The smallest absolute Gasteiger partial charge is 0.280 e. The highest BCUT2D eigenvalue weighted by Gasteiger charge is 2.28. The Morgan fingerprint density at radius 1 is 1.13 bits per heavy atom. The van der Waals surface area contributed by atoms with Gasteiger partial charge in [0.05, 0.1) is 25.5 Å². The molecule has 0 saturated carbocycles. The summed E-state index contributed by atoms with van der Waals surface area (Å²) >= 11 is 0. The van der Waals surface area contributed by atoms with Crippen LogP contribution in [0.3, 0.4) is 0 Å². The summed E-state index contributed by atoms with van der Waals surface area (Å²) in [5.74, 6) is 1.11. The summed E-state index contributed by atoms with van der Waals surface area (Å²) in [6.45, 7) is 3.42. The van der Waals surface area contributed by atoms with E-state index in [9.17, 15) is 4.39 Å². The molecule has 0 saturated heterocycles. The third kappa shape index (κ3) is 3.43. The SMILES string of the molecule is CCOc1ccc([C@@H]2Cn3nnc(-c4nc(-c5ccc(F)cc5)no4)c3CO2)cc1. The van der Waals surface area contributed by atoms with E-state index in [0.717, 1.165) is 17.0 Å². The number of aromatic nitrogens is 5. The summed E-state index contributed by atoms with van der Waals surface area (Å²) in [7, 11) is 0. The van der Waals surface area contributed by atoms with Crippen molar-refractivity contribution in [2.75, 3.05) is 6.61 Å². The lowest BCUT2D eigenvalue weighted by Gasteiger charge is -2.24. The fraction of sp³-hybridized carbons (Fsp3) is 0.238. The Morgan fingerprint density at radius 2 is 1.93 bits per heavy atom. The standard InChI is InChI=1S/C21H18FN5O3/c1-2-28-16-9-5-13(6-10-16)18-11-27-17(12-29-18)19(24-26-27)21-23-20(25-30-21)14-3-7-15(22)8-4-14/h3-10,18H,2,11-12H2,1H3/t18-/m0/s1. The van der Waals surface area contributed by atoms with Gasteiger partial charge in [-0.1, -0.05) is 22.5 Å². The lowest BCUT2D eigenvalue weighted by Crippen LogP contribution is -2.22. The minimum Gasteiger partial charge on any atom is -0.494 e. The third-order valence-corrected chi connectivity index (χ3v) is 4.89. The molecule has 1 aliphatic heterocycles. The van der Waals surface area contributed by atoms with Crippen LogP contribution in [0.15, 0.2) is 53.1 Å². The topological polar surface area (TPSA) is 88.1 Å². The number of hydrogen-bond acceptors (Lipinski definition) is 7. The average molecular weight is 407 g/mol. The summed E-state index contributed by atoms with van der Waals surface area (Å²) in [5.41, 5.74) is 2.95. The maximum Gasteiger partial charge on any atom is 0.280 e. The highest BCUT2D eigenvalue weighted by Crippen LogP contribution is 2.31. The lowest BCUT2D eigenvalue weighted by atomic mass is 10.1. The van der Waals surface area contributed by atoms with Gasteiger partial charge in [0.15, 0.2) is 5.69 Å². The quantitative estimate of drug-likeness (QED) is 0.497. The molecule has 5 rings (SSSR count). The van der Waals surface area contributed by atoms with E-state index in [1.165, 1.54) is 12.1 Å². The molecule has 0 amide bonds. The number of nitrogens with zero attached hydrogens (tertiary/aromatic N) is 5. The summed E-state index contributed by atoms with van der Waals surface area (Å²) < 4.78 is 31.8. The van der Waals surface area contributed by atoms with Gasteiger partial charge in [0.2, 0.25) is 5.82 Å². The molecule has 152 valence electrons. The first-order valence-electron chi connectivity index (χ1n) is 9.58. The van der Waals surface area contributed by atoms with Gasteiger partial charge in [-0.15, -0.1) is 5.10 Å². The summed E-state index contributed by atoms with van der Waals surface area (Å²) in [5, 5.41) is 12.4. The van der Waals surface area contributed by atoms with Crippen LogP contribution in [0.2, 0.25) is 0 Å². The van der Waals surface area contributed by atoms with Gasteiger partial charge in [-0.3, -0.25) is 0 Å². The summed E-state index contributed by atoms with van der Waals surface area (Å²) in [4.78, 5) is 4.38. The van der Waals surface area contributed by atoms with Crippen LogP contribution in [-0.2, 0) is 17.9 Å². The molecule has 0 bridgehead atoms. The van der Waals surface area contributed by atoms with Crippen molar-refractivity contribution in [3.63, 3.8) is 0 Å². The Hall–Kier alpha value is -3.59. The average Bonchev–Trinajstić information content (AvgIpc) is 3.42. The van der Waals surface area contributed by atoms with Gasteiger partial charge < -0.3 is 14.0 Å². The second kappa shape index (κ2) is 7.68. The molecule has 2 aromatic carbocycles. The van der Waals surface area contributed by atoms with E-state index in [1.807, 2.05) is 31.2 Å². The minimum absolute atomic E-state index is 0.139. The molecule has 1 atom stereocenters. The van der Waals surface area contributed by atoms with Crippen molar-refractivity contribution in [1.82, 2.24) is 25.1 Å². The zero-order chi connectivity index (χ0) is 20.5. The Morgan fingerprint density at radius 3 is 2.70 bits per heavy atom. The van der Waals surface area contributed by atoms with Crippen molar-refractivity contribution in [2.45, 2.75) is 26.2 Å². The van der Waals surface area contributed by atoms with E-state index in [1.54, 1.807) is 16.8 Å². The van der Waals surface area contributed by atoms with Crippen LogP contribution in [0.1, 0.15) is 24.3 Å². The first-order chi connectivity index (χ1) is 14.7. The normalized spacial score (nSPS) is 15.7. The largest absolute Gasteiger partial charge is 0.494 e. The molecular formula is C21H18FN5O3. The minimum atomic E-state index is -0.325. The van der Waals surface area contributed by atoms with Crippen LogP contribution in [-0.4, -0.2) is 31.7 Å². The van der Waals surface area contributed by atoms with Crippen molar-refractivity contribution in [3.05, 3.63) is 65.6 Å². The molecule has 0 fully saturated rings. The molecule has 0 unspecified atom stereocenters. The highest BCUT2D eigenvalue weighted by molar-refractivity contribution is 5.58. The zero-order valence-corrected chi connectivity index (χ0v) is 16.2. The Kier molecular flexibility index (Phi) is 4.72. The Bertz CT molecular complexity index is 1150. The van der Waals surface area contributed by atoms with Crippen molar-refractivity contribution in [2.24, 2.45) is 0 Å². The van der Waals surface area contributed by atoms with Crippen LogP contribution in [0.5, 0.6) is 5.75 Å². The van der Waals surface area contributed by atoms with Crippen molar-refractivity contribution < 1.29 is 18.4 Å². The van der Waals surface area contributed by atoms with Gasteiger partial charge in [0.25, 0.3) is 5.89 Å². The van der Waals surface area contributed by atoms with Crippen molar-refractivity contribution in [1.29, 1.82) is 0 Å². The summed E-state index contributed by atoms with van der Waals surface area (Å²) in [6.07, 6.45) is -0.139. The number of hydrogen-bond donors (Lipinski definition) is 0. The van der Waals surface area contributed by atoms with E-state index >= 15 is 0 Å². The Balaban J connectivity index is 1.36. The van der Waals surface area contributed by atoms with Crippen LogP contribution >= 0.6 is 0 Å². The molecule has 8 nitrogen and oxygen atoms in total. The molecule has 9 heteroatoms. The number of rotatable bonds is 5. The van der Waals surface area contributed by atoms with Crippen molar-refractivity contribution >= 4 is 0 Å². The van der Waals surface area contributed by atoms with Crippen LogP contribution in [0.25, 0.3) is 23.0 Å². The van der Waals surface area contributed by atoms with E-state index in [-0.39, 0.29) is 17.8 Å². The van der Waals surface area contributed by atoms with Gasteiger partial charge in [0, 0.05) is 5.56 Å². The second-order valence-electron chi connectivity index (χ2n) is 6.80. The molecular weight excluding hydrogens is 389 g/mol.